The Morgan fingerprint density at radius 2 is 2.44 bits per heavy atom. The highest BCUT2D eigenvalue weighted by molar-refractivity contribution is 5.77. The van der Waals surface area contributed by atoms with Crippen molar-refractivity contribution < 1.29 is 9.53 Å². The SMILES string of the molecule is CCCC(C)NC(=O)COC1CCCNC1. The summed E-state index contributed by atoms with van der Waals surface area (Å²) >= 11 is 0. The molecule has 0 aliphatic carbocycles. The van der Waals surface area contributed by atoms with E-state index >= 15 is 0 Å². The monoisotopic (exact) mass is 228 g/mol. The van der Waals surface area contributed by atoms with Crippen molar-refractivity contribution in [3.05, 3.63) is 0 Å². The highest BCUT2D eigenvalue weighted by Crippen LogP contribution is 2.05. The van der Waals surface area contributed by atoms with Crippen molar-refractivity contribution in [2.45, 2.75) is 51.7 Å². The first-order valence-corrected chi connectivity index (χ1v) is 6.34. The Kier molecular flexibility index (Phi) is 6.42. The molecule has 1 heterocycles. The molecular formula is C12H24N2O2. The quantitative estimate of drug-likeness (QED) is 0.714. The van der Waals surface area contributed by atoms with E-state index in [0.29, 0.717) is 0 Å². The van der Waals surface area contributed by atoms with Crippen molar-refractivity contribution in [2.75, 3.05) is 19.7 Å². The molecule has 1 aliphatic rings. The first-order chi connectivity index (χ1) is 7.72. The van der Waals surface area contributed by atoms with Gasteiger partial charge in [-0.25, -0.2) is 0 Å². The number of nitrogens with one attached hydrogen (secondary N) is 2. The maximum Gasteiger partial charge on any atom is 0.246 e. The number of carbonyl (C=O) groups is 1. The van der Waals surface area contributed by atoms with Gasteiger partial charge in [0.05, 0.1) is 6.10 Å². The van der Waals surface area contributed by atoms with Gasteiger partial charge in [0.1, 0.15) is 6.61 Å². The lowest BCUT2D eigenvalue weighted by molar-refractivity contribution is -0.128. The summed E-state index contributed by atoms with van der Waals surface area (Å²) in [5, 5.41) is 6.20. The minimum Gasteiger partial charge on any atom is -0.367 e. The number of piperidine rings is 1. The largest absolute Gasteiger partial charge is 0.367 e. The highest BCUT2D eigenvalue weighted by Gasteiger charge is 2.15. The van der Waals surface area contributed by atoms with Crippen molar-refractivity contribution >= 4 is 5.91 Å². The smallest absolute Gasteiger partial charge is 0.246 e. The molecule has 0 radical (unpaired) electrons. The molecule has 4 nitrogen and oxygen atoms in total. The molecule has 94 valence electrons. The van der Waals surface area contributed by atoms with E-state index in [1.165, 1.54) is 0 Å². The van der Waals surface area contributed by atoms with Crippen LogP contribution in [0.2, 0.25) is 0 Å². The molecule has 0 bridgehead atoms. The van der Waals surface area contributed by atoms with Crippen molar-refractivity contribution in [1.29, 1.82) is 0 Å². The molecule has 0 aromatic carbocycles. The first kappa shape index (κ1) is 13.5. The summed E-state index contributed by atoms with van der Waals surface area (Å²) in [5.74, 6) is 0.00604. The predicted octanol–water partition coefficient (Wildman–Crippen LogP) is 1.06. The fourth-order valence-corrected chi connectivity index (χ4v) is 1.98. The van der Waals surface area contributed by atoms with Gasteiger partial charge in [-0.2, -0.15) is 0 Å². The number of hydrogen-bond acceptors (Lipinski definition) is 3. The minimum atomic E-state index is 0.00604. The summed E-state index contributed by atoms with van der Waals surface area (Å²) < 4.78 is 5.55. The van der Waals surface area contributed by atoms with Crippen molar-refractivity contribution in [1.82, 2.24) is 10.6 Å². The Morgan fingerprint density at radius 1 is 1.62 bits per heavy atom. The molecular weight excluding hydrogens is 204 g/mol. The number of amides is 1. The third-order valence-corrected chi connectivity index (χ3v) is 2.83. The second-order valence-corrected chi connectivity index (χ2v) is 4.54. The van der Waals surface area contributed by atoms with Gasteiger partial charge in [0.2, 0.25) is 5.91 Å². The van der Waals surface area contributed by atoms with Crippen molar-refractivity contribution in [3.63, 3.8) is 0 Å². The molecule has 16 heavy (non-hydrogen) atoms. The average Bonchev–Trinajstić information content (AvgIpc) is 2.28. The Labute approximate surface area is 98.1 Å². The summed E-state index contributed by atoms with van der Waals surface area (Å²) in [7, 11) is 0. The van der Waals surface area contributed by atoms with E-state index in [1.54, 1.807) is 0 Å². The van der Waals surface area contributed by atoms with Crippen LogP contribution in [0, 0.1) is 0 Å². The second kappa shape index (κ2) is 7.63. The number of rotatable bonds is 6. The Morgan fingerprint density at radius 3 is 3.06 bits per heavy atom. The van der Waals surface area contributed by atoms with Gasteiger partial charge >= 0.3 is 0 Å². The fraction of sp³-hybridized carbons (Fsp3) is 0.917. The molecule has 2 unspecified atom stereocenters. The van der Waals surface area contributed by atoms with Crippen LogP contribution < -0.4 is 10.6 Å². The van der Waals surface area contributed by atoms with Gasteiger partial charge in [-0.1, -0.05) is 13.3 Å². The lowest BCUT2D eigenvalue weighted by atomic mass is 10.1. The molecule has 1 amide bonds. The number of carbonyl (C=O) groups excluding carboxylic acids is 1. The Hall–Kier alpha value is -0.610. The molecule has 1 aliphatic heterocycles. The van der Waals surface area contributed by atoms with Crippen LogP contribution in [0.3, 0.4) is 0 Å². The standard InChI is InChI=1S/C12H24N2O2/c1-3-5-10(2)14-12(15)9-16-11-6-4-7-13-8-11/h10-11,13H,3-9H2,1-2H3,(H,14,15). The van der Waals surface area contributed by atoms with E-state index in [0.717, 1.165) is 38.8 Å². The lowest BCUT2D eigenvalue weighted by Gasteiger charge is -2.23. The van der Waals surface area contributed by atoms with E-state index in [4.69, 9.17) is 4.74 Å². The zero-order valence-corrected chi connectivity index (χ0v) is 10.4. The summed E-state index contributed by atoms with van der Waals surface area (Å²) in [6, 6.07) is 0.255. The fourth-order valence-electron chi connectivity index (χ4n) is 1.98. The molecule has 4 heteroatoms. The Bertz CT molecular complexity index is 203. The zero-order chi connectivity index (χ0) is 11.8. The van der Waals surface area contributed by atoms with E-state index in [2.05, 4.69) is 17.6 Å². The van der Waals surface area contributed by atoms with Gasteiger partial charge in [-0.3, -0.25) is 4.79 Å². The molecule has 1 fully saturated rings. The van der Waals surface area contributed by atoms with Crippen molar-refractivity contribution in [3.8, 4) is 0 Å². The van der Waals surface area contributed by atoms with Crippen LogP contribution in [0.15, 0.2) is 0 Å². The number of hydrogen-bond donors (Lipinski definition) is 2. The van der Waals surface area contributed by atoms with Crippen LogP contribution >= 0.6 is 0 Å². The summed E-state index contributed by atoms with van der Waals surface area (Å²) in [6.07, 6.45) is 4.52. The molecule has 1 saturated heterocycles. The Balaban J connectivity index is 2.09. The van der Waals surface area contributed by atoms with Crippen LogP contribution in [-0.2, 0) is 9.53 Å². The van der Waals surface area contributed by atoms with Crippen LogP contribution in [-0.4, -0.2) is 37.7 Å². The average molecular weight is 228 g/mol. The molecule has 2 N–H and O–H groups in total. The van der Waals surface area contributed by atoms with Gasteiger partial charge in [-0.15, -0.1) is 0 Å². The normalized spacial score (nSPS) is 22.8. The minimum absolute atomic E-state index is 0.00604. The lowest BCUT2D eigenvalue weighted by Crippen LogP contribution is -2.40. The zero-order valence-electron chi connectivity index (χ0n) is 10.4. The summed E-state index contributed by atoms with van der Waals surface area (Å²) in [5.41, 5.74) is 0. The van der Waals surface area contributed by atoms with Crippen molar-refractivity contribution in [2.24, 2.45) is 0 Å². The molecule has 0 spiro atoms. The molecule has 1 rings (SSSR count). The predicted molar refractivity (Wildman–Crippen MR) is 64.4 cm³/mol. The molecule has 2 atom stereocenters. The van der Waals surface area contributed by atoms with Gasteiger partial charge < -0.3 is 15.4 Å². The maximum atomic E-state index is 11.5. The van der Waals surface area contributed by atoms with Crippen LogP contribution in [0.1, 0.15) is 39.5 Å². The second-order valence-electron chi connectivity index (χ2n) is 4.54. The van der Waals surface area contributed by atoms with Gasteiger partial charge in [0, 0.05) is 12.6 Å². The van der Waals surface area contributed by atoms with E-state index in [1.807, 2.05) is 6.92 Å². The molecule has 0 saturated carbocycles. The van der Waals surface area contributed by atoms with E-state index in [9.17, 15) is 4.79 Å². The van der Waals surface area contributed by atoms with Gasteiger partial charge in [0.25, 0.3) is 0 Å². The van der Waals surface area contributed by atoms with Crippen LogP contribution in [0.4, 0.5) is 0 Å². The van der Waals surface area contributed by atoms with Gasteiger partial charge in [-0.05, 0) is 32.7 Å². The van der Waals surface area contributed by atoms with E-state index < -0.39 is 0 Å². The number of ether oxygens (including phenoxy) is 1. The third-order valence-electron chi connectivity index (χ3n) is 2.83. The summed E-state index contributed by atoms with van der Waals surface area (Å²) in [4.78, 5) is 11.5. The van der Waals surface area contributed by atoms with Gasteiger partial charge in [0.15, 0.2) is 0 Å². The maximum absolute atomic E-state index is 11.5. The summed E-state index contributed by atoms with van der Waals surface area (Å²) in [6.45, 7) is 6.29. The third kappa shape index (κ3) is 5.47. The topological polar surface area (TPSA) is 50.4 Å². The molecule has 0 aromatic heterocycles. The molecule has 0 aromatic rings. The highest BCUT2D eigenvalue weighted by atomic mass is 16.5. The first-order valence-electron chi connectivity index (χ1n) is 6.34. The van der Waals surface area contributed by atoms with E-state index in [-0.39, 0.29) is 24.7 Å². The van der Waals surface area contributed by atoms with Crippen LogP contribution in [0.5, 0.6) is 0 Å². The van der Waals surface area contributed by atoms with Crippen LogP contribution in [0.25, 0.3) is 0 Å².